The molecule has 0 aliphatic carbocycles. The largest absolute Gasteiger partial charge is 0.497 e. The molecule has 1 atom stereocenters. The molecule has 0 N–H and O–H groups in total. The van der Waals surface area contributed by atoms with Crippen LogP contribution in [-0.2, 0) is 0 Å². The minimum atomic E-state index is -0.0493. The summed E-state index contributed by atoms with van der Waals surface area (Å²) >= 11 is 0. The van der Waals surface area contributed by atoms with Crippen molar-refractivity contribution in [3.63, 3.8) is 0 Å². The number of nitrogens with zero attached hydrogens (tertiary/aromatic N) is 2. The maximum atomic E-state index is 5.73. The number of allylic oxidation sites excluding steroid dienone is 1. The van der Waals surface area contributed by atoms with Gasteiger partial charge in [-0.15, -0.1) is 0 Å². The standard InChI is InChI=1S/C30H34N2O4/c1-20(2)21-8-11-24(12-9-21)32-28(27-19-26(34-4)14-16-30(27)36-6)18-23(31-32)10-7-22-17-25(33-3)13-15-29(22)35-5/h7-17,19-20,28H,18H2,1-6H3. The summed E-state index contributed by atoms with van der Waals surface area (Å²) in [6.07, 6.45) is 4.77. The van der Waals surface area contributed by atoms with E-state index in [1.165, 1.54) is 5.56 Å². The summed E-state index contributed by atoms with van der Waals surface area (Å²) < 4.78 is 22.2. The summed E-state index contributed by atoms with van der Waals surface area (Å²) in [5.74, 6) is 3.60. The van der Waals surface area contributed by atoms with E-state index in [4.69, 9.17) is 24.0 Å². The molecule has 4 rings (SSSR count). The molecular formula is C30H34N2O4. The van der Waals surface area contributed by atoms with Crippen LogP contribution in [0.5, 0.6) is 23.0 Å². The van der Waals surface area contributed by atoms with Crippen LogP contribution in [0.1, 0.15) is 48.9 Å². The first kappa shape index (κ1) is 25.2. The van der Waals surface area contributed by atoms with Gasteiger partial charge in [-0.05, 0) is 72.2 Å². The van der Waals surface area contributed by atoms with E-state index in [1.807, 2.05) is 48.6 Å². The smallest absolute Gasteiger partial charge is 0.126 e. The molecule has 0 saturated heterocycles. The highest BCUT2D eigenvalue weighted by molar-refractivity contribution is 6.01. The number of hydrazone groups is 1. The molecule has 1 aliphatic heterocycles. The molecular weight excluding hydrogens is 452 g/mol. The molecule has 36 heavy (non-hydrogen) atoms. The van der Waals surface area contributed by atoms with Crippen molar-refractivity contribution in [3.05, 3.63) is 83.4 Å². The van der Waals surface area contributed by atoms with Gasteiger partial charge in [-0.3, -0.25) is 5.01 Å². The molecule has 0 bridgehead atoms. The van der Waals surface area contributed by atoms with E-state index in [0.717, 1.165) is 45.5 Å². The van der Waals surface area contributed by atoms with Crippen molar-refractivity contribution in [2.75, 3.05) is 33.4 Å². The number of rotatable bonds is 9. The Labute approximate surface area is 213 Å². The predicted octanol–water partition coefficient (Wildman–Crippen LogP) is 6.87. The van der Waals surface area contributed by atoms with Crippen LogP contribution in [0.15, 0.2) is 71.8 Å². The molecule has 188 valence electrons. The SMILES string of the molecule is COc1ccc(OC)c(C=CC2=NN(c3ccc(C(C)C)cc3)C(c3cc(OC)ccc3OC)C2)c1. The Morgan fingerprint density at radius 2 is 1.42 bits per heavy atom. The predicted molar refractivity (Wildman–Crippen MR) is 146 cm³/mol. The van der Waals surface area contributed by atoms with Gasteiger partial charge in [0.25, 0.3) is 0 Å². The zero-order valence-corrected chi connectivity index (χ0v) is 21.8. The van der Waals surface area contributed by atoms with Crippen LogP contribution in [0.4, 0.5) is 5.69 Å². The highest BCUT2D eigenvalue weighted by Gasteiger charge is 2.31. The van der Waals surface area contributed by atoms with Crippen LogP contribution < -0.4 is 24.0 Å². The lowest BCUT2D eigenvalue weighted by molar-refractivity contribution is 0.395. The van der Waals surface area contributed by atoms with Gasteiger partial charge in [-0.2, -0.15) is 5.10 Å². The summed E-state index contributed by atoms with van der Waals surface area (Å²) in [5, 5.41) is 7.10. The van der Waals surface area contributed by atoms with E-state index in [-0.39, 0.29) is 6.04 Å². The van der Waals surface area contributed by atoms with Gasteiger partial charge in [0.2, 0.25) is 0 Å². The first-order chi connectivity index (χ1) is 17.5. The number of hydrogen-bond donors (Lipinski definition) is 0. The molecule has 1 heterocycles. The molecule has 0 amide bonds. The third kappa shape index (κ3) is 5.33. The molecule has 0 aromatic heterocycles. The Hall–Kier alpha value is -3.93. The fourth-order valence-electron chi connectivity index (χ4n) is 4.38. The number of hydrogen-bond acceptors (Lipinski definition) is 6. The number of benzene rings is 3. The van der Waals surface area contributed by atoms with E-state index in [9.17, 15) is 0 Å². The van der Waals surface area contributed by atoms with Crippen molar-refractivity contribution in [2.45, 2.75) is 32.2 Å². The third-order valence-corrected chi connectivity index (χ3v) is 6.45. The molecule has 0 radical (unpaired) electrons. The summed E-state index contributed by atoms with van der Waals surface area (Å²) in [6.45, 7) is 4.39. The van der Waals surface area contributed by atoms with Crippen LogP contribution in [0.3, 0.4) is 0 Å². The van der Waals surface area contributed by atoms with Gasteiger partial charge >= 0.3 is 0 Å². The van der Waals surface area contributed by atoms with E-state index in [1.54, 1.807) is 28.4 Å². The van der Waals surface area contributed by atoms with Crippen LogP contribution in [-0.4, -0.2) is 34.2 Å². The maximum absolute atomic E-state index is 5.73. The minimum absolute atomic E-state index is 0.0493. The zero-order chi connectivity index (χ0) is 25.7. The molecule has 0 fully saturated rings. The molecule has 1 aliphatic rings. The van der Waals surface area contributed by atoms with Crippen LogP contribution in [0, 0.1) is 0 Å². The Balaban J connectivity index is 1.73. The third-order valence-electron chi connectivity index (χ3n) is 6.45. The molecule has 3 aromatic carbocycles. The summed E-state index contributed by atoms with van der Waals surface area (Å²) in [4.78, 5) is 0. The van der Waals surface area contributed by atoms with Crippen molar-refractivity contribution in [1.82, 2.24) is 0 Å². The average molecular weight is 487 g/mol. The van der Waals surface area contributed by atoms with Gasteiger partial charge in [-0.1, -0.05) is 26.0 Å². The molecule has 0 saturated carbocycles. The zero-order valence-electron chi connectivity index (χ0n) is 21.8. The quantitative estimate of drug-likeness (QED) is 0.330. The summed E-state index contributed by atoms with van der Waals surface area (Å²) in [5.41, 5.74) is 5.22. The maximum Gasteiger partial charge on any atom is 0.126 e. The summed E-state index contributed by atoms with van der Waals surface area (Å²) in [7, 11) is 6.69. The lowest BCUT2D eigenvalue weighted by atomic mass is 9.98. The monoisotopic (exact) mass is 486 g/mol. The van der Waals surface area contributed by atoms with Crippen molar-refractivity contribution in [3.8, 4) is 23.0 Å². The van der Waals surface area contributed by atoms with E-state index in [2.05, 4.69) is 43.1 Å². The van der Waals surface area contributed by atoms with Crippen LogP contribution >= 0.6 is 0 Å². The van der Waals surface area contributed by atoms with Crippen molar-refractivity contribution in [1.29, 1.82) is 0 Å². The lowest BCUT2D eigenvalue weighted by Crippen LogP contribution is -2.19. The molecule has 6 heteroatoms. The van der Waals surface area contributed by atoms with Crippen LogP contribution in [0.2, 0.25) is 0 Å². The Morgan fingerprint density at radius 3 is 2.03 bits per heavy atom. The van der Waals surface area contributed by atoms with E-state index >= 15 is 0 Å². The lowest BCUT2D eigenvalue weighted by Gasteiger charge is -2.26. The molecule has 1 unspecified atom stereocenters. The van der Waals surface area contributed by atoms with Gasteiger partial charge in [0.1, 0.15) is 23.0 Å². The molecule has 6 nitrogen and oxygen atoms in total. The van der Waals surface area contributed by atoms with E-state index in [0.29, 0.717) is 12.3 Å². The van der Waals surface area contributed by atoms with Gasteiger partial charge in [0.05, 0.1) is 45.9 Å². The Morgan fingerprint density at radius 1 is 0.778 bits per heavy atom. The highest BCUT2D eigenvalue weighted by Crippen LogP contribution is 2.41. The normalized spacial score (nSPS) is 15.4. The topological polar surface area (TPSA) is 52.5 Å². The second kappa shape index (κ2) is 11.2. The molecule has 0 spiro atoms. The highest BCUT2D eigenvalue weighted by atomic mass is 16.5. The molecule has 3 aromatic rings. The number of anilines is 1. The van der Waals surface area contributed by atoms with Crippen LogP contribution in [0.25, 0.3) is 6.08 Å². The van der Waals surface area contributed by atoms with Crippen molar-refractivity contribution < 1.29 is 18.9 Å². The first-order valence-corrected chi connectivity index (χ1v) is 12.1. The fourth-order valence-corrected chi connectivity index (χ4v) is 4.38. The fraction of sp³-hybridized carbons (Fsp3) is 0.300. The van der Waals surface area contributed by atoms with Gasteiger partial charge in [0.15, 0.2) is 0 Å². The minimum Gasteiger partial charge on any atom is -0.497 e. The second-order valence-corrected chi connectivity index (χ2v) is 8.95. The first-order valence-electron chi connectivity index (χ1n) is 12.1. The Kier molecular flexibility index (Phi) is 7.84. The second-order valence-electron chi connectivity index (χ2n) is 8.95. The van der Waals surface area contributed by atoms with Crippen molar-refractivity contribution in [2.24, 2.45) is 5.10 Å². The average Bonchev–Trinajstić information content (AvgIpc) is 3.35. The van der Waals surface area contributed by atoms with Gasteiger partial charge in [-0.25, -0.2) is 0 Å². The van der Waals surface area contributed by atoms with E-state index < -0.39 is 0 Å². The number of methoxy groups -OCH3 is 4. The van der Waals surface area contributed by atoms with Gasteiger partial charge in [0, 0.05) is 17.5 Å². The van der Waals surface area contributed by atoms with Crippen molar-refractivity contribution >= 4 is 17.5 Å². The summed E-state index contributed by atoms with van der Waals surface area (Å²) in [6, 6.07) is 20.2. The van der Waals surface area contributed by atoms with Gasteiger partial charge < -0.3 is 18.9 Å². The number of ether oxygens (including phenoxy) is 4. The Bertz CT molecular complexity index is 1250.